The molecule has 298 valence electrons. The van der Waals surface area contributed by atoms with Crippen LogP contribution in [0.3, 0.4) is 0 Å². The van der Waals surface area contributed by atoms with Gasteiger partial charge in [-0.05, 0) is 148 Å². The molecule has 0 spiro atoms. The van der Waals surface area contributed by atoms with Crippen molar-refractivity contribution in [2.24, 2.45) is 28.9 Å². The van der Waals surface area contributed by atoms with Gasteiger partial charge in [0.2, 0.25) is 0 Å². The number of carboxylic acid groups (broad SMARTS) is 1. The van der Waals surface area contributed by atoms with Crippen LogP contribution in [0.1, 0.15) is 105 Å². The standard InChI is InChI=1S/C20H24O2.C16H25NO2.C10H12ClNO2/c1-3-20(22)11-9-18-17-6-4-13-12-14(21)5-7-15(13)16(17)8-10-19(18,20)2;1-17(2)12-14-7-4-5-10-16(14,18)13-8-6-9-15(11-13)19-3;11-9-3-1-7(2-4-9)8(6-12)5-10(13)14/h1,5,7,12,16-18,21-22H,4,6,8-11H2,2H3;6,8-9,11,14,18H,4-5,7,10,12H2,1-3H3;1-4,8H,5-6,12H2,(H,13,14)/t16-,17-,18+,19+,20+;14-,16+;/m11./s1. The number of fused-ring (bicyclic) bond motifs is 5. The third-order valence-electron chi connectivity index (χ3n) is 13.3. The Morgan fingerprint density at radius 1 is 1.02 bits per heavy atom. The Labute approximate surface area is 333 Å². The van der Waals surface area contributed by atoms with Gasteiger partial charge in [-0.2, -0.15) is 0 Å². The highest BCUT2D eigenvalue weighted by molar-refractivity contribution is 6.30. The number of aliphatic carboxylic acids is 1. The molecule has 4 aliphatic rings. The number of phenols is 1. The third-order valence-corrected chi connectivity index (χ3v) is 13.6. The van der Waals surface area contributed by atoms with Crippen molar-refractivity contribution < 1.29 is 30.0 Å². The van der Waals surface area contributed by atoms with Gasteiger partial charge >= 0.3 is 5.97 Å². The fourth-order valence-corrected chi connectivity index (χ4v) is 10.4. The number of methoxy groups -OCH3 is 1. The number of hydrogen-bond donors (Lipinski definition) is 5. The normalized spacial score (nSPS) is 29.8. The molecule has 0 bridgehead atoms. The van der Waals surface area contributed by atoms with Crippen molar-refractivity contribution >= 4 is 17.6 Å². The van der Waals surface area contributed by atoms with Crippen molar-refractivity contribution in [3.05, 3.63) is 94.0 Å². The lowest BCUT2D eigenvalue weighted by Crippen LogP contribution is -2.50. The molecule has 3 fully saturated rings. The molecule has 0 heterocycles. The lowest BCUT2D eigenvalue weighted by Gasteiger charge is -2.52. The number of halogens is 1. The highest BCUT2D eigenvalue weighted by atomic mass is 35.5. The number of rotatable bonds is 8. The van der Waals surface area contributed by atoms with E-state index in [4.69, 9.17) is 33.6 Å². The van der Waals surface area contributed by atoms with Gasteiger partial charge in [-0.15, -0.1) is 6.42 Å². The van der Waals surface area contributed by atoms with E-state index < -0.39 is 17.2 Å². The second kappa shape index (κ2) is 18.1. The Morgan fingerprint density at radius 3 is 2.42 bits per heavy atom. The summed E-state index contributed by atoms with van der Waals surface area (Å²) in [4.78, 5) is 12.7. The molecule has 0 aromatic heterocycles. The summed E-state index contributed by atoms with van der Waals surface area (Å²) < 4.78 is 5.29. The smallest absolute Gasteiger partial charge is 0.304 e. The molecule has 0 radical (unpaired) electrons. The van der Waals surface area contributed by atoms with E-state index in [9.17, 15) is 20.1 Å². The number of benzene rings is 3. The summed E-state index contributed by atoms with van der Waals surface area (Å²) in [5.41, 5.74) is 8.39. The summed E-state index contributed by atoms with van der Waals surface area (Å²) in [7, 11) is 5.81. The zero-order chi connectivity index (χ0) is 40.0. The summed E-state index contributed by atoms with van der Waals surface area (Å²) in [6.07, 6.45) is 16.1. The van der Waals surface area contributed by atoms with E-state index in [2.05, 4.69) is 37.9 Å². The largest absolute Gasteiger partial charge is 0.508 e. The van der Waals surface area contributed by atoms with E-state index in [-0.39, 0.29) is 17.8 Å². The van der Waals surface area contributed by atoms with Crippen LogP contribution in [-0.4, -0.2) is 71.2 Å². The second-order valence-electron chi connectivity index (χ2n) is 16.7. The SMILES string of the molecule is C#C[C@]1(O)CC[C@H]2[C@@H]3CCc4cc(O)ccc4[C@H]3CC[C@@]21C.COc1cccc([C@@]2(O)CCCC[C@@H]2CN(C)C)c1.NCC(CC(=O)O)c1ccc(Cl)cc1. The van der Waals surface area contributed by atoms with Gasteiger partial charge in [-0.3, -0.25) is 4.79 Å². The molecule has 6 N–H and O–H groups in total. The van der Waals surface area contributed by atoms with Crippen LogP contribution in [0.4, 0.5) is 0 Å². The van der Waals surface area contributed by atoms with E-state index in [1.165, 1.54) is 17.5 Å². The number of aliphatic hydroxyl groups is 2. The summed E-state index contributed by atoms with van der Waals surface area (Å²) in [5, 5.41) is 41.1. The van der Waals surface area contributed by atoms with Gasteiger partial charge in [-0.25, -0.2) is 0 Å². The number of carboxylic acids is 1. The van der Waals surface area contributed by atoms with Crippen LogP contribution in [0.2, 0.25) is 5.02 Å². The van der Waals surface area contributed by atoms with Gasteiger partial charge in [-0.1, -0.05) is 67.6 Å². The molecule has 7 rings (SSSR count). The number of aromatic hydroxyl groups is 1. The van der Waals surface area contributed by atoms with Gasteiger partial charge in [0.05, 0.1) is 19.1 Å². The van der Waals surface area contributed by atoms with E-state index >= 15 is 0 Å². The molecule has 0 saturated heterocycles. The Morgan fingerprint density at radius 2 is 1.76 bits per heavy atom. The van der Waals surface area contributed by atoms with Crippen molar-refractivity contribution in [2.45, 2.75) is 101 Å². The van der Waals surface area contributed by atoms with Crippen molar-refractivity contribution in [1.29, 1.82) is 0 Å². The Kier molecular flexibility index (Phi) is 14.0. The number of nitrogens with zero attached hydrogens (tertiary/aromatic N) is 1. The molecule has 3 aromatic carbocycles. The molecule has 0 amide bonds. The maximum absolute atomic E-state index is 11.2. The predicted octanol–water partition coefficient (Wildman–Crippen LogP) is 8.10. The summed E-state index contributed by atoms with van der Waals surface area (Å²) in [6, 6.07) is 20.9. The van der Waals surface area contributed by atoms with E-state index in [1.54, 1.807) is 19.2 Å². The van der Waals surface area contributed by atoms with Gasteiger partial charge < -0.3 is 35.8 Å². The monoisotopic (exact) mass is 772 g/mol. The minimum absolute atomic E-state index is 0.0537. The van der Waals surface area contributed by atoms with Crippen LogP contribution in [0.5, 0.6) is 11.5 Å². The fourth-order valence-electron chi connectivity index (χ4n) is 10.3. The molecular formula is C46H61ClN2O6. The van der Waals surface area contributed by atoms with Gasteiger partial charge in [0.1, 0.15) is 17.1 Å². The number of phenolic OH excluding ortho intramolecular Hbond substituents is 1. The average Bonchev–Trinajstić information content (AvgIpc) is 3.45. The van der Waals surface area contributed by atoms with Crippen molar-refractivity contribution in [2.75, 3.05) is 34.3 Å². The van der Waals surface area contributed by atoms with Crippen LogP contribution < -0.4 is 10.5 Å². The second-order valence-corrected chi connectivity index (χ2v) is 17.2. The van der Waals surface area contributed by atoms with E-state index in [1.807, 2.05) is 48.5 Å². The van der Waals surface area contributed by atoms with Crippen molar-refractivity contribution in [3.8, 4) is 23.8 Å². The molecule has 3 saturated carbocycles. The number of aryl methyl sites for hydroxylation is 1. The first kappa shape index (κ1) is 42.6. The molecule has 55 heavy (non-hydrogen) atoms. The van der Waals surface area contributed by atoms with Gasteiger partial charge in [0.15, 0.2) is 0 Å². The van der Waals surface area contributed by atoms with Crippen LogP contribution in [-0.2, 0) is 16.8 Å². The maximum atomic E-state index is 11.2. The average molecular weight is 773 g/mol. The zero-order valence-electron chi connectivity index (χ0n) is 33.0. The maximum Gasteiger partial charge on any atom is 0.304 e. The lowest BCUT2D eigenvalue weighted by atomic mass is 9.53. The molecule has 1 unspecified atom stereocenters. The number of terminal acetylenes is 1. The topological polar surface area (TPSA) is 136 Å². The number of hydrogen-bond acceptors (Lipinski definition) is 7. The first-order valence-electron chi connectivity index (χ1n) is 19.9. The Bertz CT molecular complexity index is 1790. The lowest BCUT2D eigenvalue weighted by molar-refractivity contribution is -0.137. The Balaban J connectivity index is 0.000000163. The molecular weight excluding hydrogens is 712 g/mol. The van der Waals surface area contributed by atoms with E-state index in [0.29, 0.717) is 41.0 Å². The van der Waals surface area contributed by atoms with Crippen molar-refractivity contribution in [3.63, 3.8) is 0 Å². The number of carbonyl (C=O) groups is 1. The van der Waals surface area contributed by atoms with Crippen LogP contribution in [0.25, 0.3) is 0 Å². The zero-order valence-corrected chi connectivity index (χ0v) is 33.8. The van der Waals surface area contributed by atoms with E-state index in [0.717, 1.165) is 81.2 Å². The minimum Gasteiger partial charge on any atom is -0.508 e. The van der Waals surface area contributed by atoms with Crippen LogP contribution in [0.15, 0.2) is 66.7 Å². The Hall–Kier alpha value is -3.58. The molecule has 9 heteroatoms. The summed E-state index contributed by atoms with van der Waals surface area (Å²) in [6.45, 7) is 3.47. The molecule has 0 aliphatic heterocycles. The van der Waals surface area contributed by atoms with Crippen LogP contribution in [0, 0.1) is 35.5 Å². The molecule has 4 aliphatic carbocycles. The summed E-state index contributed by atoms with van der Waals surface area (Å²) >= 11 is 5.72. The predicted molar refractivity (Wildman–Crippen MR) is 219 cm³/mol. The highest BCUT2D eigenvalue weighted by Crippen LogP contribution is 2.64. The third kappa shape index (κ3) is 9.35. The van der Waals surface area contributed by atoms with Crippen LogP contribution >= 0.6 is 11.6 Å². The highest BCUT2D eigenvalue weighted by Gasteiger charge is 2.61. The van der Waals surface area contributed by atoms with Gasteiger partial charge in [0, 0.05) is 28.8 Å². The quantitative estimate of drug-likeness (QED) is 0.145. The minimum atomic E-state index is -0.919. The molecule has 3 aromatic rings. The fraction of sp³-hybridized carbons (Fsp3) is 0.543. The first-order chi connectivity index (χ1) is 26.2. The van der Waals surface area contributed by atoms with Gasteiger partial charge in [0.25, 0.3) is 0 Å². The van der Waals surface area contributed by atoms with Crippen molar-refractivity contribution in [1.82, 2.24) is 4.90 Å². The molecule has 8 atom stereocenters. The molecule has 8 nitrogen and oxygen atoms in total. The first-order valence-corrected chi connectivity index (χ1v) is 20.3. The number of nitrogens with two attached hydrogens (primary N) is 1. The summed E-state index contributed by atoms with van der Waals surface area (Å²) in [5.74, 6) is 4.96. The number of ether oxygens (including phenoxy) is 1.